The molecule has 4 nitrogen and oxygen atoms in total. The van der Waals surface area contributed by atoms with Gasteiger partial charge in [-0.05, 0) is 6.07 Å². The molecule has 0 saturated heterocycles. The lowest BCUT2D eigenvalue weighted by Gasteiger charge is -2.04. The van der Waals surface area contributed by atoms with E-state index in [0.717, 1.165) is 0 Å². The average molecular weight is 233 g/mol. The van der Waals surface area contributed by atoms with Gasteiger partial charge in [0.1, 0.15) is 17.7 Å². The molecule has 0 atom stereocenters. The fourth-order valence-electron chi connectivity index (χ4n) is 1.60. The lowest BCUT2D eigenvalue weighted by atomic mass is 10.1. The molecule has 0 aliphatic heterocycles. The number of aliphatic hydroxyl groups is 1. The number of aromatic nitrogens is 1. The first kappa shape index (κ1) is 11.7. The SMILES string of the molecule is CC(C)c1nc(-c2cccc(CO)c2O)co1. The first-order chi connectivity index (χ1) is 8.13. The maximum atomic E-state index is 9.95. The van der Waals surface area contributed by atoms with Crippen LogP contribution in [0.3, 0.4) is 0 Å². The molecule has 0 amide bonds. The van der Waals surface area contributed by atoms with E-state index in [4.69, 9.17) is 9.52 Å². The van der Waals surface area contributed by atoms with Crippen LogP contribution in [0.25, 0.3) is 11.3 Å². The second-order valence-electron chi connectivity index (χ2n) is 4.20. The van der Waals surface area contributed by atoms with Crippen molar-refractivity contribution in [1.82, 2.24) is 4.98 Å². The molecular formula is C13H15NO3. The number of para-hydroxylation sites is 1. The van der Waals surface area contributed by atoms with E-state index in [9.17, 15) is 5.11 Å². The van der Waals surface area contributed by atoms with Gasteiger partial charge in [0.15, 0.2) is 5.89 Å². The summed E-state index contributed by atoms with van der Waals surface area (Å²) in [6.07, 6.45) is 1.52. The molecular weight excluding hydrogens is 218 g/mol. The van der Waals surface area contributed by atoms with E-state index in [1.54, 1.807) is 18.2 Å². The zero-order chi connectivity index (χ0) is 12.4. The third kappa shape index (κ3) is 2.17. The van der Waals surface area contributed by atoms with Crippen molar-refractivity contribution in [3.63, 3.8) is 0 Å². The molecule has 0 spiro atoms. The normalized spacial score (nSPS) is 11.1. The van der Waals surface area contributed by atoms with Crippen molar-refractivity contribution in [3.8, 4) is 17.0 Å². The van der Waals surface area contributed by atoms with Crippen LogP contribution >= 0.6 is 0 Å². The van der Waals surface area contributed by atoms with Gasteiger partial charge in [-0.2, -0.15) is 0 Å². The van der Waals surface area contributed by atoms with Crippen LogP contribution in [0, 0.1) is 0 Å². The Kier molecular flexibility index (Phi) is 3.15. The molecule has 2 rings (SSSR count). The Morgan fingerprint density at radius 2 is 2.12 bits per heavy atom. The van der Waals surface area contributed by atoms with Crippen LogP contribution in [-0.2, 0) is 6.61 Å². The van der Waals surface area contributed by atoms with Crippen LogP contribution < -0.4 is 0 Å². The Bertz CT molecular complexity index is 517. The molecule has 0 saturated carbocycles. The van der Waals surface area contributed by atoms with Gasteiger partial charge < -0.3 is 14.6 Å². The zero-order valence-electron chi connectivity index (χ0n) is 9.84. The highest BCUT2D eigenvalue weighted by atomic mass is 16.3. The number of aromatic hydroxyl groups is 1. The van der Waals surface area contributed by atoms with Crippen molar-refractivity contribution in [1.29, 1.82) is 0 Å². The van der Waals surface area contributed by atoms with E-state index in [0.29, 0.717) is 22.7 Å². The van der Waals surface area contributed by atoms with Crippen molar-refractivity contribution < 1.29 is 14.6 Å². The zero-order valence-corrected chi connectivity index (χ0v) is 9.84. The van der Waals surface area contributed by atoms with Crippen molar-refractivity contribution in [3.05, 3.63) is 35.9 Å². The minimum absolute atomic E-state index is 0.0543. The van der Waals surface area contributed by atoms with Crippen LogP contribution in [0.1, 0.15) is 31.2 Å². The Morgan fingerprint density at radius 3 is 2.71 bits per heavy atom. The summed E-state index contributed by atoms with van der Waals surface area (Å²) in [4.78, 5) is 4.31. The molecule has 2 N–H and O–H groups in total. The fourth-order valence-corrected chi connectivity index (χ4v) is 1.60. The van der Waals surface area contributed by atoms with Gasteiger partial charge in [0.05, 0.1) is 6.61 Å². The predicted molar refractivity (Wildman–Crippen MR) is 63.6 cm³/mol. The van der Waals surface area contributed by atoms with Gasteiger partial charge in [-0.15, -0.1) is 0 Å². The highest BCUT2D eigenvalue weighted by molar-refractivity contribution is 5.67. The van der Waals surface area contributed by atoms with Gasteiger partial charge in [-0.25, -0.2) is 4.98 Å². The summed E-state index contributed by atoms with van der Waals surface area (Å²) in [6.45, 7) is 3.77. The van der Waals surface area contributed by atoms with E-state index in [1.807, 2.05) is 13.8 Å². The number of oxazole rings is 1. The largest absolute Gasteiger partial charge is 0.507 e. The second kappa shape index (κ2) is 4.59. The smallest absolute Gasteiger partial charge is 0.197 e. The summed E-state index contributed by atoms with van der Waals surface area (Å²) in [7, 11) is 0. The van der Waals surface area contributed by atoms with Gasteiger partial charge in [-0.1, -0.05) is 26.0 Å². The van der Waals surface area contributed by atoms with Crippen molar-refractivity contribution in [2.24, 2.45) is 0 Å². The molecule has 1 aromatic heterocycles. The number of benzene rings is 1. The van der Waals surface area contributed by atoms with E-state index in [2.05, 4.69) is 4.98 Å². The molecule has 0 unspecified atom stereocenters. The van der Waals surface area contributed by atoms with E-state index < -0.39 is 0 Å². The maximum absolute atomic E-state index is 9.95. The first-order valence-electron chi connectivity index (χ1n) is 5.51. The molecule has 0 aliphatic rings. The Balaban J connectivity index is 2.45. The topological polar surface area (TPSA) is 66.5 Å². The molecule has 0 aliphatic carbocycles. The molecule has 0 bridgehead atoms. The highest BCUT2D eigenvalue weighted by Crippen LogP contribution is 2.32. The standard InChI is InChI=1S/C13H15NO3/c1-8(2)13-14-11(7-17-13)10-5-3-4-9(6-15)12(10)16/h3-5,7-8,15-16H,6H2,1-2H3. The molecule has 0 radical (unpaired) electrons. The first-order valence-corrected chi connectivity index (χ1v) is 5.51. The molecule has 0 fully saturated rings. The Morgan fingerprint density at radius 1 is 1.35 bits per heavy atom. The van der Waals surface area contributed by atoms with Gasteiger partial charge in [0, 0.05) is 17.0 Å². The van der Waals surface area contributed by atoms with Crippen molar-refractivity contribution in [2.45, 2.75) is 26.4 Å². The lowest BCUT2D eigenvalue weighted by molar-refractivity contribution is 0.275. The number of hydrogen-bond acceptors (Lipinski definition) is 4. The lowest BCUT2D eigenvalue weighted by Crippen LogP contribution is -1.89. The summed E-state index contributed by atoms with van der Waals surface area (Å²) in [6, 6.07) is 5.18. The molecule has 90 valence electrons. The Hall–Kier alpha value is -1.81. The van der Waals surface area contributed by atoms with Crippen LogP contribution in [0.4, 0.5) is 0 Å². The fraction of sp³-hybridized carbons (Fsp3) is 0.308. The van der Waals surface area contributed by atoms with Gasteiger partial charge in [0.2, 0.25) is 0 Å². The third-order valence-electron chi connectivity index (χ3n) is 2.58. The average Bonchev–Trinajstić information content (AvgIpc) is 2.78. The molecule has 17 heavy (non-hydrogen) atoms. The number of nitrogens with zero attached hydrogens (tertiary/aromatic N) is 1. The summed E-state index contributed by atoms with van der Waals surface area (Å²) in [5.41, 5.74) is 1.64. The second-order valence-corrected chi connectivity index (χ2v) is 4.20. The van der Waals surface area contributed by atoms with E-state index >= 15 is 0 Å². The number of aliphatic hydroxyl groups excluding tert-OH is 1. The highest BCUT2D eigenvalue weighted by Gasteiger charge is 2.14. The number of phenols is 1. The van der Waals surface area contributed by atoms with E-state index in [1.165, 1.54) is 6.26 Å². The molecule has 1 heterocycles. The summed E-state index contributed by atoms with van der Waals surface area (Å²) in [5.74, 6) is 0.888. The maximum Gasteiger partial charge on any atom is 0.197 e. The molecule has 2 aromatic rings. The van der Waals surface area contributed by atoms with Crippen molar-refractivity contribution in [2.75, 3.05) is 0 Å². The van der Waals surface area contributed by atoms with Crippen LogP contribution in [0.5, 0.6) is 5.75 Å². The Labute approximate surface area is 99.6 Å². The van der Waals surface area contributed by atoms with Gasteiger partial charge in [-0.3, -0.25) is 0 Å². The van der Waals surface area contributed by atoms with Gasteiger partial charge >= 0.3 is 0 Å². The summed E-state index contributed by atoms with van der Waals surface area (Å²) >= 11 is 0. The number of hydrogen-bond donors (Lipinski definition) is 2. The third-order valence-corrected chi connectivity index (χ3v) is 2.58. The van der Waals surface area contributed by atoms with Gasteiger partial charge in [0.25, 0.3) is 0 Å². The molecule has 4 heteroatoms. The minimum Gasteiger partial charge on any atom is -0.507 e. The molecule has 1 aromatic carbocycles. The summed E-state index contributed by atoms with van der Waals surface area (Å²) < 4.78 is 5.32. The predicted octanol–water partition coefficient (Wildman–Crippen LogP) is 2.66. The van der Waals surface area contributed by atoms with Crippen LogP contribution in [0.15, 0.2) is 28.9 Å². The van der Waals surface area contributed by atoms with E-state index in [-0.39, 0.29) is 18.3 Å². The quantitative estimate of drug-likeness (QED) is 0.855. The summed E-state index contributed by atoms with van der Waals surface area (Å²) in [5, 5.41) is 19.0. The monoisotopic (exact) mass is 233 g/mol. The minimum atomic E-state index is -0.200. The number of rotatable bonds is 3. The van der Waals surface area contributed by atoms with Crippen LogP contribution in [-0.4, -0.2) is 15.2 Å². The van der Waals surface area contributed by atoms with Crippen molar-refractivity contribution >= 4 is 0 Å². The van der Waals surface area contributed by atoms with Crippen LogP contribution in [0.2, 0.25) is 0 Å².